The number of aromatic amines is 1. The Morgan fingerprint density at radius 2 is 1.96 bits per heavy atom. The highest BCUT2D eigenvalue weighted by atomic mass is 35.5. The van der Waals surface area contributed by atoms with E-state index in [0.717, 1.165) is 5.56 Å². The van der Waals surface area contributed by atoms with Crippen molar-refractivity contribution in [2.45, 2.75) is 10.8 Å². The molecule has 0 radical (unpaired) electrons. The average Bonchev–Trinajstić information content (AvgIpc) is 2.54. The maximum absolute atomic E-state index is 13.6. The van der Waals surface area contributed by atoms with E-state index in [2.05, 4.69) is 10.9 Å². The smallest absolute Gasteiger partial charge is 0.265 e. The predicted molar refractivity (Wildman–Crippen MR) is 98.5 cm³/mol. The zero-order valence-electron chi connectivity index (χ0n) is 12.2. The number of aromatic nitrogens is 1. The number of hydrogen-bond donors (Lipinski definition) is 1. The monoisotopic (exact) mass is 377 g/mol. The zero-order valence-corrected chi connectivity index (χ0v) is 14.5. The second-order valence-corrected chi connectivity index (χ2v) is 6.85. The van der Waals surface area contributed by atoms with Gasteiger partial charge in [-0.15, -0.1) is 18.2 Å². The van der Waals surface area contributed by atoms with Crippen LogP contribution in [0.3, 0.4) is 0 Å². The Balaban J connectivity index is 2.05. The Morgan fingerprint density at radius 3 is 2.67 bits per heavy atom. The second-order valence-electron chi connectivity index (χ2n) is 5.02. The molecule has 3 aromatic rings. The number of terminal acetylenes is 1. The van der Waals surface area contributed by atoms with Crippen molar-refractivity contribution >= 4 is 45.7 Å². The lowest BCUT2D eigenvalue weighted by Crippen LogP contribution is -2.11. The molecule has 0 aliphatic rings. The Hall–Kier alpha value is -1.93. The normalized spacial score (nSPS) is 10.8. The van der Waals surface area contributed by atoms with Gasteiger partial charge in [0.25, 0.3) is 5.56 Å². The number of thioether (sulfide) groups is 1. The molecule has 0 atom stereocenters. The third-order valence-electron chi connectivity index (χ3n) is 3.48. The van der Waals surface area contributed by atoms with Gasteiger partial charge >= 0.3 is 0 Å². The lowest BCUT2D eigenvalue weighted by Gasteiger charge is -2.09. The van der Waals surface area contributed by atoms with Gasteiger partial charge in [0.1, 0.15) is 5.82 Å². The Morgan fingerprint density at radius 1 is 1.17 bits per heavy atom. The number of halogens is 3. The summed E-state index contributed by atoms with van der Waals surface area (Å²) in [5.41, 5.74) is 0.678. The van der Waals surface area contributed by atoms with Gasteiger partial charge in [-0.3, -0.25) is 4.79 Å². The molecule has 1 heterocycles. The van der Waals surface area contributed by atoms with Crippen LogP contribution >= 0.6 is 35.0 Å². The summed E-state index contributed by atoms with van der Waals surface area (Å²) in [5.74, 6) is 2.46. The molecule has 2 aromatic carbocycles. The van der Waals surface area contributed by atoms with Crippen LogP contribution < -0.4 is 5.56 Å². The maximum atomic E-state index is 13.6. The van der Waals surface area contributed by atoms with Gasteiger partial charge in [0.2, 0.25) is 0 Å². The minimum absolute atomic E-state index is 0.193. The summed E-state index contributed by atoms with van der Waals surface area (Å²) < 4.78 is 13.6. The van der Waals surface area contributed by atoms with Crippen molar-refractivity contribution in [1.29, 1.82) is 0 Å². The van der Waals surface area contributed by atoms with E-state index in [1.54, 1.807) is 12.1 Å². The number of benzene rings is 2. The Kier molecular flexibility index (Phi) is 4.86. The van der Waals surface area contributed by atoms with E-state index in [4.69, 9.17) is 29.6 Å². The third kappa shape index (κ3) is 3.29. The molecular formula is C18H10Cl2FNOS. The van der Waals surface area contributed by atoms with E-state index in [0.29, 0.717) is 31.6 Å². The van der Waals surface area contributed by atoms with E-state index >= 15 is 0 Å². The number of nitrogens with one attached hydrogen (secondary N) is 1. The molecule has 0 spiro atoms. The van der Waals surface area contributed by atoms with Crippen LogP contribution in [0.25, 0.3) is 10.8 Å². The Bertz CT molecular complexity index is 1040. The lowest BCUT2D eigenvalue weighted by molar-refractivity contribution is 0.629. The van der Waals surface area contributed by atoms with Crippen molar-refractivity contribution in [3.05, 3.63) is 73.7 Å². The fraction of sp³-hybridized carbons (Fsp3) is 0.0556. The molecule has 24 heavy (non-hydrogen) atoms. The third-order valence-corrected chi connectivity index (χ3v) is 5.13. The van der Waals surface area contributed by atoms with Crippen LogP contribution in [0.4, 0.5) is 4.39 Å². The van der Waals surface area contributed by atoms with E-state index in [1.165, 1.54) is 30.0 Å². The van der Waals surface area contributed by atoms with Gasteiger partial charge in [0.05, 0.1) is 10.6 Å². The van der Waals surface area contributed by atoms with Crippen LogP contribution in [0.15, 0.2) is 46.2 Å². The summed E-state index contributed by atoms with van der Waals surface area (Å²) in [6.07, 6.45) is 5.40. The van der Waals surface area contributed by atoms with Crippen molar-refractivity contribution in [2.75, 3.05) is 0 Å². The fourth-order valence-corrected chi connectivity index (χ4v) is 3.92. The number of rotatable bonds is 3. The Labute approximate surface area is 152 Å². The highest BCUT2D eigenvalue weighted by molar-refractivity contribution is 7.98. The molecule has 0 amide bonds. The number of H-pyrrole nitrogens is 1. The summed E-state index contributed by atoms with van der Waals surface area (Å²) in [6, 6.07) is 9.38. The van der Waals surface area contributed by atoms with Crippen LogP contribution in [0.1, 0.15) is 11.1 Å². The molecule has 0 saturated carbocycles. The highest BCUT2D eigenvalue weighted by Crippen LogP contribution is 2.32. The molecule has 0 fully saturated rings. The minimum Gasteiger partial charge on any atom is -0.315 e. The van der Waals surface area contributed by atoms with Crippen molar-refractivity contribution in [2.24, 2.45) is 0 Å². The first kappa shape index (κ1) is 16.9. The molecule has 2 nitrogen and oxygen atoms in total. The van der Waals surface area contributed by atoms with Crippen LogP contribution in [-0.4, -0.2) is 4.98 Å². The predicted octanol–water partition coefficient (Wildman–Crippen LogP) is 5.25. The molecule has 3 rings (SSSR count). The summed E-state index contributed by atoms with van der Waals surface area (Å²) in [7, 11) is 0. The standard InChI is InChI=1S/C18H10Cl2FNOS/c1-2-13-14-6-5-12(21)8-15(14)18(22-17(13)23)24-9-10-3-4-11(19)7-16(10)20/h1,3-8H,9H2,(H,22,23). The summed E-state index contributed by atoms with van der Waals surface area (Å²) in [4.78, 5) is 14.9. The lowest BCUT2D eigenvalue weighted by atomic mass is 10.1. The van der Waals surface area contributed by atoms with Crippen LogP contribution in [0.2, 0.25) is 10.0 Å². The molecular weight excluding hydrogens is 368 g/mol. The zero-order chi connectivity index (χ0) is 17.3. The summed E-state index contributed by atoms with van der Waals surface area (Å²) >= 11 is 13.4. The molecule has 0 bridgehead atoms. The van der Waals surface area contributed by atoms with Crippen LogP contribution in [0.5, 0.6) is 0 Å². The minimum atomic E-state index is -0.399. The van der Waals surface area contributed by atoms with Crippen LogP contribution in [0, 0.1) is 18.2 Å². The van der Waals surface area contributed by atoms with E-state index in [-0.39, 0.29) is 11.1 Å². The van der Waals surface area contributed by atoms with Crippen molar-refractivity contribution < 1.29 is 4.39 Å². The number of hydrogen-bond acceptors (Lipinski definition) is 2. The van der Waals surface area contributed by atoms with Gasteiger partial charge in [-0.05, 0) is 35.9 Å². The second kappa shape index (κ2) is 6.90. The van der Waals surface area contributed by atoms with Gasteiger partial charge in [-0.1, -0.05) is 35.2 Å². The SMILES string of the molecule is C#Cc1c(=O)[nH]c(SCc2ccc(Cl)cc2Cl)c2cc(F)ccc12. The van der Waals surface area contributed by atoms with Crippen molar-refractivity contribution in [3.63, 3.8) is 0 Å². The highest BCUT2D eigenvalue weighted by Gasteiger charge is 2.12. The van der Waals surface area contributed by atoms with E-state index in [9.17, 15) is 9.18 Å². The number of pyridine rings is 1. The average molecular weight is 378 g/mol. The van der Waals surface area contributed by atoms with Gasteiger partial charge in [0, 0.05) is 26.6 Å². The van der Waals surface area contributed by atoms with Crippen molar-refractivity contribution in [3.8, 4) is 12.3 Å². The van der Waals surface area contributed by atoms with Crippen molar-refractivity contribution in [1.82, 2.24) is 4.98 Å². The topological polar surface area (TPSA) is 32.9 Å². The fourth-order valence-electron chi connectivity index (χ4n) is 2.32. The molecule has 1 N–H and O–H groups in total. The summed E-state index contributed by atoms with van der Waals surface area (Å²) in [5, 5.41) is 2.74. The first-order chi connectivity index (χ1) is 11.5. The first-order valence-electron chi connectivity index (χ1n) is 6.88. The molecule has 0 unspecified atom stereocenters. The molecule has 0 aliphatic heterocycles. The molecule has 6 heteroatoms. The quantitative estimate of drug-likeness (QED) is 0.499. The van der Waals surface area contributed by atoms with Crippen LogP contribution in [-0.2, 0) is 5.75 Å². The van der Waals surface area contributed by atoms with E-state index < -0.39 is 5.82 Å². The van der Waals surface area contributed by atoms with Gasteiger partial charge < -0.3 is 4.98 Å². The summed E-state index contributed by atoms with van der Waals surface area (Å²) in [6.45, 7) is 0. The molecule has 0 saturated heterocycles. The molecule has 1 aromatic heterocycles. The van der Waals surface area contributed by atoms with E-state index in [1.807, 2.05) is 6.07 Å². The van der Waals surface area contributed by atoms with Gasteiger partial charge in [-0.2, -0.15) is 0 Å². The van der Waals surface area contributed by atoms with Gasteiger partial charge in [0.15, 0.2) is 0 Å². The largest absolute Gasteiger partial charge is 0.315 e. The molecule has 0 aliphatic carbocycles. The maximum Gasteiger partial charge on any atom is 0.265 e. The first-order valence-corrected chi connectivity index (χ1v) is 8.62. The molecule has 120 valence electrons. The number of fused-ring (bicyclic) bond motifs is 1. The van der Waals surface area contributed by atoms with Gasteiger partial charge in [-0.25, -0.2) is 4.39 Å².